The second kappa shape index (κ2) is 4.11. The molecule has 1 aliphatic rings. The molecule has 1 rings (SSSR count). The summed E-state index contributed by atoms with van der Waals surface area (Å²) in [5, 5.41) is 10.4. The van der Waals surface area contributed by atoms with Gasteiger partial charge in [0.2, 0.25) is 6.54 Å². The van der Waals surface area contributed by atoms with Crippen molar-refractivity contribution in [3.63, 3.8) is 0 Å². The number of rotatable bonds is 4. The van der Waals surface area contributed by atoms with Crippen LogP contribution >= 0.6 is 0 Å². The molecule has 0 aromatic heterocycles. The first-order chi connectivity index (χ1) is 6.52. The lowest BCUT2D eigenvalue weighted by Gasteiger charge is -2.32. The van der Waals surface area contributed by atoms with Crippen LogP contribution in [-0.4, -0.2) is 11.5 Å². The predicted octanol–water partition coefficient (Wildman–Crippen LogP) is 2.89. The molecule has 14 heavy (non-hydrogen) atoms. The Hall–Kier alpha value is -0.860. The van der Waals surface area contributed by atoms with Gasteiger partial charge in [-0.05, 0) is 23.7 Å². The first-order valence-corrected chi connectivity index (χ1v) is 5.33. The van der Waals surface area contributed by atoms with Crippen molar-refractivity contribution in [1.82, 2.24) is 0 Å². The van der Waals surface area contributed by atoms with Gasteiger partial charge in [-0.1, -0.05) is 32.9 Å². The number of hydrogen-bond donors (Lipinski definition) is 0. The molecule has 0 aromatic rings. The molecule has 0 spiro atoms. The smallest absolute Gasteiger partial charge is 0.204 e. The highest BCUT2D eigenvalue weighted by atomic mass is 16.6. The topological polar surface area (TPSA) is 43.1 Å². The largest absolute Gasteiger partial charge is 0.265 e. The Balaban J connectivity index is 2.68. The Morgan fingerprint density at radius 1 is 1.50 bits per heavy atom. The van der Waals surface area contributed by atoms with Crippen molar-refractivity contribution in [2.75, 3.05) is 6.54 Å². The molecule has 0 bridgehead atoms. The second-order valence-corrected chi connectivity index (χ2v) is 4.40. The second-order valence-electron chi connectivity index (χ2n) is 4.40. The molecule has 0 aromatic carbocycles. The van der Waals surface area contributed by atoms with Crippen LogP contribution in [0.5, 0.6) is 0 Å². The Morgan fingerprint density at radius 2 is 2.14 bits per heavy atom. The standard InChI is InChI=1S/C11H19NO2/c1-4-11(7-8-12(13)14)6-5-9(2)10(11)3/h5-6,9-10H,4,7-8H2,1-3H3. The zero-order valence-electron chi connectivity index (χ0n) is 9.19. The molecule has 3 unspecified atom stereocenters. The van der Waals surface area contributed by atoms with E-state index in [1.807, 2.05) is 0 Å². The van der Waals surface area contributed by atoms with E-state index in [-0.39, 0.29) is 16.9 Å². The van der Waals surface area contributed by atoms with Gasteiger partial charge < -0.3 is 0 Å². The number of nitrogens with zero attached hydrogens (tertiary/aromatic N) is 1. The van der Waals surface area contributed by atoms with E-state index in [9.17, 15) is 10.1 Å². The molecule has 0 saturated heterocycles. The van der Waals surface area contributed by atoms with E-state index in [0.29, 0.717) is 18.3 Å². The molecule has 0 heterocycles. The molecule has 0 N–H and O–H groups in total. The molecule has 0 saturated carbocycles. The molecule has 3 heteroatoms. The molecular formula is C11H19NO2. The molecule has 0 radical (unpaired) electrons. The van der Waals surface area contributed by atoms with Crippen molar-refractivity contribution < 1.29 is 4.92 Å². The third-order valence-electron chi connectivity index (χ3n) is 3.85. The van der Waals surface area contributed by atoms with Crippen molar-refractivity contribution in [1.29, 1.82) is 0 Å². The minimum atomic E-state index is -0.207. The molecule has 3 nitrogen and oxygen atoms in total. The van der Waals surface area contributed by atoms with Crippen LogP contribution < -0.4 is 0 Å². The van der Waals surface area contributed by atoms with Gasteiger partial charge in [-0.2, -0.15) is 0 Å². The van der Waals surface area contributed by atoms with Gasteiger partial charge in [0.05, 0.1) is 0 Å². The van der Waals surface area contributed by atoms with Crippen molar-refractivity contribution >= 4 is 0 Å². The van der Waals surface area contributed by atoms with Gasteiger partial charge in [-0.3, -0.25) is 10.1 Å². The van der Waals surface area contributed by atoms with Gasteiger partial charge in [-0.25, -0.2) is 0 Å². The fourth-order valence-corrected chi connectivity index (χ4v) is 2.41. The van der Waals surface area contributed by atoms with E-state index < -0.39 is 0 Å². The summed E-state index contributed by atoms with van der Waals surface area (Å²) in [5.74, 6) is 1.09. The van der Waals surface area contributed by atoms with E-state index >= 15 is 0 Å². The summed E-state index contributed by atoms with van der Waals surface area (Å²) in [6.45, 7) is 6.60. The van der Waals surface area contributed by atoms with Gasteiger partial charge in [0.25, 0.3) is 0 Å². The fourth-order valence-electron chi connectivity index (χ4n) is 2.41. The Morgan fingerprint density at radius 3 is 2.50 bits per heavy atom. The number of hydrogen-bond acceptors (Lipinski definition) is 2. The van der Waals surface area contributed by atoms with Gasteiger partial charge in [0, 0.05) is 11.3 Å². The van der Waals surface area contributed by atoms with Gasteiger partial charge in [-0.15, -0.1) is 0 Å². The lowest BCUT2D eigenvalue weighted by molar-refractivity contribution is -0.483. The molecule has 80 valence electrons. The molecule has 3 atom stereocenters. The van der Waals surface area contributed by atoms with Gasteiger partial charge in [0.15, 0.2) is 0 Å². The quantitative estimate of drug-likeness (QED) is 0.395. The Bertz CT molecular complexity index is 250. The molecule has 1 aliphatic carbocycles. The van der Waals surface area contributed by atoms with Crippen LogP contribution in [0.15, 0.2) is 12.2 Å². The zero-order valence-corrected chi connectivity index (χ0v) is 9.19. The van der Waals surface area contributed by atoms with Crippen LogP contribution in [-0.2, 0) is 0 Å². The maximum Gasteiger partial charge on any atom is 0.204 e. The minimum Gasteiger partial charge on any atom is -0.265 e. The van der Waals surface area contributed by atoms with Crippen LogP contribution in [0.25, 0.3) is 0 Å². The molecule has 0 aliphatic heterocycles. The average molecular weight is 197 g/mol. The number of nitro groups is 1. The van der Waals surface area contributed by atoms with Gasteiger partial charge >= 0.3 is 0 Å². The summed E-state index contributed by atoms with van der Waals surface area (Å²) in [6.07, 6.45) is 6.08. The fraction of sp³-hybridized carbons (Fsp3) is 0.818. The van der Waals surface area contributed by atoms with E-state index in [2.05, 4.69) is 32.9 Å². The van der Waals surface area contributed by atoms with Crippen molar-refractivity contribution in [3.05, 3.63) is 22.3 Å². The summed E-state index contributed by atoms with van der Waals surface area (Å²) in [6, 6.07) is 0. The summed E-state index contributed by atoms with van der Waals surface area (Å²) in [5.41, 5.74) is 0.0759. The highest BCUT2D eigenvalue weighted by Gasteiger charge is 2.39. The van der Waals surface area contributed by atoms with Crippen molar-refractivity contribution in [2.24, 2.45) is 17.3 Å². The van der Waals surface area contributed by atoms with E-state index in [1.54, 1.807) is 0 Å². The minimum absolute atomic E-state index is 0.0759. The lowest BCUT2D eigenvalue weighted by Crippen LogP contribution is -2.28. The maximum absolute atomic E-state index is 10.4. The predicted molar refractivity (Wildman–Crippen MR) is 56.7 cm³/mol. The Kier molecular flexibility index (Phi) is 3.29. The normalized spacial score (nSPS) is 36.2. The van der Waals surface area contributed by atoms with E-state index in [0.717, 1.165) is 6.42 Å². The summed E-state index contributed by atoms with van der Waals surface area (Å²) < 4.78 is 0. The van der Waals surface area contributed by atoms with Crippen LogP contribution in [0.3, 0.4) is 0 Å². The van der Waals surface area contributed by atoms with Crippen LogP contribution in [0.4, 0.5) is 0 Å². The van der Waals surface area contributed by atoms with E-state index in [4.69, 9.17) is 0 Å². The third kappa shape index (κ3) is 1.97. The van der Waals surface area contributed by atoms with Crippen molar-refractivity contribution in [3.8, 4) is 0 Å². The van der Waals surface area contributed by atoms with Crippen LogP contribution in [0, 0.1) is 27.4 Å². The first-order valence-electron chi connectivity index (χ1n) is 5.33. The third-order valence-corrected chi connectivity index (χ3v) is 3.85. The summed E-state index contributed by atoms with van der Waals surface area (Å²) in [7, 11) is 0. The highest BCUT2D eigenvalue weighted by Crippen LogP contribution is 2.46. The zero-order chi connectivity index (χ0) is 10.8. The SMILES string of the molecule is CCC1(CC[N+](=O)[O-])C=CC(C)C1C. The van der Waals surface area contributed by atoms with Crippen LogP contribution in [0.1, 0.15) is 33.6 Å². The highest BCUT2D eigenvalue weighted by molar-refractivity contribution is 5.12. The Labute approximate surface area is 85.3 Å². The average Bonchev–Trinajstić information content (AvgIpc) is 2.43. The number of allylic oxidation sites excluding steroid dienone is 2. The van der Waals surface area contributed by atoms with Crippen molar-refractivity contribution in [2.45, 2.75) is 33.6 Å². The lowest BCUT2D eigenvalue weighted by atomic mass is 9.72. The summed E-state index contributed by atoms with van der Waals surface area (Å²) in [4.78, 5) is 10.2. The molecule has 0 amide bonds. The van der Waals surface area contributed by atoms with Crippen LogP contribution in [0.2, 0.25) is 0 Å². The first kappa shape index (κ1) is 11.2. The van der Waals surface area contributed by atoms with Gasteiger partial charge in [0.1, 0.15) is 0 Å². The summed E-state index contributed by atoms with van der Waals surface area (Å²) >= 11 is 0. The maximum atomic E-state index is 10.4. The molecule has 0 fully saturated rings. The molecular weight excluding hydrogens is 178 g/mol. The monoisotopic (exact) mass is 197 g/mol. The van der Waals surface area contributed by atoms with E-state index in [1.165, 1.54) is 0 Å².